The van der Waals surface area contributed by atoms with Gasteiger partial charge in [0.2, 0.25) is 0 Å². The maximum absolute atomic E-state index is 3.69. The molecule has 0 unspecified atom stereocenters. The van der Waals surface area contributed by atoms with Crippen LogP contribution in [0.1, 0.15) is 37.0 Å². The van der Waals surface area contributed by atoms with Crippen LogP contribution in [0.15, 0.2) is 17.5 Å². The molecule has 1 fully saturated rings. The van der Waals surface area contributed by atoms with E-state index in [4.69, 9.17) is 0 Å². The Morgan fingerprint density at radius 2 is 2.14 bits per heavy atom. The van der Waals surface area contributed by atoms with Crippen LogP contribution in [0.4, 0.5) is 0 Å². The summed E-state index contributed by atoms with van der Waals surface area (Å²) >= 11 is 3.40. The van der Waals surface area contributed by atoms with Crippen molar-refractivity contribution in [1.82, 2.24) is 5.32 Å². The number of nitrogens with one attached hydrogen (secondary N) is 1. The van der Waals surface area contributed by atoms with Gasteiger partial charge in [-0.25, -0.2) is 0 Å². The Labute approximate surface area is 100 Å². The van der Waals surface area contributed by atoms with Gasteiger partial charge in [0.1, 0.15) is 0 Å². The zero-order valence-corrected chi connectivity index (χ0v) is 11.9. The molecule has 0 saturated heterocycles. The third kappa shape index (κ3) is 2.85. The van der Waals surface area contributed by atoms with Gasteiger partial charge in [-0.3, -0.25) is 0 Å². The van der Waals surface area contributed by atoms with Crippen molar-refractivity contribution in [3.8, 4) is 0 Å². The summed E-state index contributed by atoms with van der Waals surface area (Å²) in [4.78, 5) is 1.42. The van der Waals surface area contributed by atoms with Gasteiger partial charge in [0.15, 0.2) is 0 Å². The Bertz CT molecular complexity index is 288. The zero-order valence-electron chi connectivity index (χ0n) is 8.16. The van der Waals surface area contributed by atoms with Crippen LogP contribution in [0.3, 0.4) is 0 Å². The van der Waals surface area contributed by atoms with Gasteiger partial charge in [-0.1, -0.05) is 0 Å². The molecule has 1 N–H and O–H groups in total. The summed E-state index contributed by atoms with van der Waals surface area (Å²) in [5.74, 6) is 0. The van der Waals surface area contributed by atoms with E-state index in [1.54, 1.807) is 19.4 Å². The van der Waals surface area contributed by atoms with Crippen LogP contribution >= 0.6 is 11.3 Å². The average Bonchev–Trinajstić information content (AvgIpc) is 2.72. The van der Waals surface area contributed by atoms with E-state index in [9.17, 15) is 0 Å². The van der Waals surface area contributed by atoms with E-state index < -0.39 is 0 Å². The molecule has 76 valence electrons. The van der Waals surface area contributed by atoms with Crippen molar-refractivity contribution in [3.63, 3.8) is 0 Å². The SMILES string of the molecule is [W]=[C](NC1CCCCC1)c1cccs1. The molecular weight excluding hydrogens is 362 g/mol. The van der Waals surface area contributed by atoms with Crippen LogP contribution in [-0.2, 0) is 19.4 Å². The molecule has 0 bridgehead atoms. The fourth-order valence-corrected chi connectivity index (χ4v) is 3.90. The molecule has 0 amide bonds. The quantitative estimate of drug-likeness (QED) is 0.855. The molecule has 1 aliphatic rings. The molecule has 1 aromatic heterocycles. The predicted molar refractivity (Wildman–Crippen MR) is 58.4 cm³/mol. The van der Waals surface area contributed by atoms with Crippen molar-refractivity contribution in [2.24, 2.45) is 0 Å². The number of rotatable bonds is 3. The first-order chi connectivity index (χ1) is 6.86. The standard InChI is InChI=1S/C11H15NS.W/c1-2-5-10(6-3-1)12-9-11-7-4-8-13-11;/h4,7-8,10,12H,1-3,5-6H2;. The van der Waals surface area contributed by atoms with E-state index in [2.05, 4.69) is 22.8 Å². The molecule has 1 heterocycles. The Kier molecular flexibility index (Phi) is 4.09. The van der Waals surface area contributed by atoms with Gasteiger partial charge < -0.3 is 0 Å². The van der Waals surface area contributed by atoms with Gasteiger partial charge in [-0.05, 0) is 0 Å². The molecular formula is C11H15NSW. The minimum atomic E-state index is 0.748. The summed E-state index contributed by atoms with van der Waals surface area (Å²) < 4.78 is 1.44. The van der Waals surface area contributed by atoms with Crippen LogP contribution in [0.25, 0.3) is 0 Å². The molecule has 3 heteroatoms. The minimum absolute atomic E-state index is 0.748. The van der Waals surface area contributed by atoms with Crippen molar-refractivity contribution in [1.29, 1.82) is 0 Å². The molecule has 0 aromatic carbocycles. The van der Waals surface area contributed by atoms with Crippen LogP contribution in [-0.4, -0.2) is 10.1 Å². The molecule has 14 heavy (non-hydrogen) atoms. The topological polar surface area (TPSA) is 12.0 Å². The van der Waals surface area contributed by atoms with E-state index in [1.165, 1.54) is 41.0 Å². The number of thiophene rings is 1. The average molecular weight is 377 g/mol. The van der Waals surface area contributed by atoms with Crippen LogP contribution in [0.2, 0.25) is 0 Å². The predicted octanol–water partition coefficient (Wildman–Crippen LogP) is 2.70. The second-order valence-corrected chi connectivity index (χ2v) is 6.20. The fraction of sp³-hybridized carbons (Fsp3) is 0.545. The van der Waals surface area contributed by atoms with Gasteiger partial charge in [0.25, 0.3) is 0 Å². The molecule has 0 atom stereocenters. The van der Waals surface area contributed by atoms with Crippen LogP contribution in [0, 0.1) is 0 Å². The van der Waals surface area contributed by atoms with E-state index in [1.807, 2.05) is 11.3 Å². The summed E-state index contributed by atoms with van der Waals surface area (Å²) in [6, 6.07) is 5.09. The second-order valence-electron chi connectivity index (χ2n) is 3.79. The van der Waals surface area contributed by atoms with Crippen molar-refractivity contribution >= 4 is 15.4 Å². The summed E-state index contributed by atoms with van der Waals surface area (Å²) in [6.07, 6.45) is 6.98. The van der Waals surface area contributed by atoms with Crippen LogP contribution in [0.5, 0.6) is 0 Å². The molecule has 0 radical (unpaired) electrons. The Balaban J connectivity index is 1.87. The molecule has 1 saturated carbocycles. The molecule has 0 aliphatic heterocycles. The van der Waals surface area contributed by atoms with Gasteiger partial charge in [0.05, 0.1) is 0 Å². The van der Waals surface area contributed by atoms with E-state index in [0.29, 0.717) is 0 Å². The van der Waals surface area contributed by atoms with Gasteiger partial charge in [0, 0.05) is 0 Å². The first-order valence-corrected chi connectivity index (χ1v) is 7.55. The molecule has 0 spiro atoms. The Morgan fingerprint density at radius 1 is 1.36 bits per heavy atom. The van der Waals surface area contributed by atoms with E-state index >= 15 is 0 Å². The first kappa shape index (κ1) is 10.7. The fourth-order valence-electron chi connectivity index (χ4n) is 1.91. The first-order valence-electron chi connectivity index (χ1n) is 5.20. The second kappa shape index (κ2) is 5.34. The Morgan fingerprint density at radius 3 is 2.79 bits per heavy atom. The normalized spacial score (nSPS) is 18.3. The van der Waals surface area contributed by atoms with E-state index in [-0.39, 0.29) is 0 Å². The van der Waals surface area contributed by atoms with Crippen molar-refractivity contribution < 1.29 is 19.4 Å². The summed E-state index contributed by atoms with van der Waals surface area (Å²) in [5, 5.41) is 5.84. The zero-order chi connectivity index (χ0) is 9.80. The molecule has 1 aromatic rings. The number of hydrogen-bond acceptors (Lipinski definition) is 2. The van der Waals surface area contributed by atoms with Gasteiger partial charge in [-0.15, -0.1) is 0 Å². The molecule has 1 nitrogen and oxygen atoms in total. The monoisotopic (exact) mass is 377 g/mol. The van der Waals surface area contributed by atoms with Gasteiger partial charge in [-0.2, -0.15) is 0 Å². The van der Waals surface area contributed by atoms with Crippen molar-refractivity contribution in [2.75, 3.05) is 0 Å². The molecule has 1 aliphatic carbocycles. The summed E-state index contributed by atoms with van der Waals surface area (Å²) in [7, 11) is 0. The van der Waals surface area contributed by atoms with Gasteiger partial charge >= 0.3 is 101 Å². The Hall–Kier alpha value is 0.218. The third-order valence-electron chi connectivity index (χ3n) is 2.69. The van der Waals surface area contributed by atoms with Crippen LogP contribution < -0.4 is 5.32 Å². The maximum atomic E-state index is 3.69. The van der Waals surface area contributed by atoms with Crippen molar-refractivity contribution in [2.45, 2.75) is 38.1 Å². The number of hydrogen-bond donors (Lipinski definition) is 1. The molecule has 2 rings (SSSR count). The summed E-state index contributed by atoms with van der Waals surface area (Å²) in [6.45, 7) is 0. The summed E-state index contributed by atoms with van der Waals surface area (Å²) in [5.41, 5.74) is 0. The van der Waals surface area contributed by atoms with E-state index in [0.717, 1.165) is 6.04 Å². The third-order valence-corrected chi connectivity index (χ3v) is 5.30. The van der Waals surface area contributed by atoms with Crippen molar-refractivity contribution in [3.05, 3.63) is 22.4 Å².